The van der Waals surface area contributed by atoms with E-state index >= 15 is 0 Å². The van der Waals surface area contributed by atoms with Gasteiger partial charge in [0.2, 0.25) is 10.0 Å². The van der Waals surface area contributed by atoms with Gasteiger partial charge in [-0.25, -0.2) is 12.8 Å². The number of hydrogen-bond acceptors (Lipinski definition) is 4. The van der Waals surface area contributed by atoms with E-state index in [2.05, 4.69) is 22.3 Å². The van der Waals surface area contributed by atoms with Crippen molar-refractivity contribution in [3.63, 3.8) is 0 Å². The molecule has 0 unspecified atom stereocenters. The molecule has 0 aromatic heterocycles. The van der Waals surface area contributed by atoms with Crippen molar-refractivity contribution in [2.24, 2.45) is 0 Å². The summed E-state index contributed by atoms with van der Waals surface area (Å²) in [5, 5.41) is 2.82. The molecule has 3 aromatic carbocycles. The summed E-state index contributed by atoms with van der Waals surface area (Å²) in [7, 11) is -3.93. The molecule has 0 saturated carbocycles. The van der Waals surface area contributed by atoms with Gasteiger partial charge >= 0.3 is 0 Å². The molecule has 1 fully saturated rings. The first-order chi connectivity index (χ1) is 16.6. The van der Waals surface area contributed by atoms with E-state index in [9.17, 15) is 17.6 Å². The Hall–Kier alpha value is -2.65. The standard InChI is InChI=1S/C25H24Cl2FN3O3S/c1-16-6-7-17(2)23(14-16)30-10-12-31(13-11-30)35(33,34)18-8-9-21(28)19(15-18)25(32)29-22-5-3-4-20(26)24(22)27/h3-9,14-15H,10-13H2,1-2H3,(H,29,32). The average Bonchev–Trinajstić information content (AvgIpc) is 2.83. The lowest BCUT2D eigenvalue weighted by Crippen LogP contribution is -2.48. The average molecular weight is 536 g/mol. The van der Waals surface area contributed by atoms with Gasteiger partial charge in [0.15, 0.2) is 0 Å². The van der Waals surface area contributed by atoms with Crippen LogP contribution in [-0.4, -0.2) is 44.8 Å². The Labute approximate surface area is 214 Å². The van der Waals surface area contributed by atoms with Gasteiger partial charge in [0.05, 0.1) is 26.2 Å². The largest absolute Gasteiger partial charge is 0.369 e. The molecule has 6 nitrogen and oxygen atoms in total. The van der Waals surface area contributed by atoms with Gasteiger partial charge in [-0.2, -0.15) is 4.31 Å². The predicted octanol–water partition coefficient (Wildman–Crippen LogP) is 5.51. The molecule has 1 aliphatic rings. The second-order valence-corrected chi connectivity index (χ2v) is 11.1. The summed E-state index contributed by atoms with van der Waals surface area (Å²) in [6.45, 7) is 5.63. The second kappa shape index (κ2) is 10.1. The lowest BCUT2D eigenvalue weighted by molar-refractivity contribution is 0.102. The molecule has 35 heavy (non-hydrogen) atoms. The third-order valence-corrected chi connectivity index (χ3v) is 8.68. The number of rotatable bonds is 5. The van der Waals surface area contributed by atoms with Crippen LogP contribution in [0.1, 0.15) is 21.5 Å². The van der Waals surface area contributed by atoms with E-state index in [4.69, 9.17) is 23.2 Å². The summed E-state index contributed by atoms with van der Waals surface area (Å²) in [4.78, 5) is 14.8. The van der Waals surface area contributed by atoms with Gasteiger partial charge in [-0.15, -0.1) is 0 Å². The molecular weight excluding hydrogens is 512 g/mol. The number of nitrogens with zero attached hydrogens (tertiary/aromatic N) is 2. The van der Waals surface area contributed by atoms with E-state index in [1.54, 1.807) is 12.1 Å². The molecule has 4 rings (SSSR count). The van der Waals surface area contributed by atoms with Crippen molar-refractivity contribution in [1.82, 2.24) is 4.31 Å². The molecule has 0 radical (unpaired) electrons. The summed E-state index contributed by atoms with van der Waals surface area (Å²) < 4.78 is 42.5. The van der Waals surface area contributed by atoms with Crippen molar-refractivity contribution in [3.8, 4) is 0 Å². The molecule has 184 valence electrons. The van der Waals surface area contributed by atoms with Crippen LogP contribution in [0.4, 0.5) is 15.8 Å². The van der Waals surface area contributed by atoms with Crippen LogP contribution in [0.2, 0.25) is 10.0 Å². The lowest BCUT2D eigenvalue weighted by Gasteiger charge is -2.36. The molecular formula is C25H24Cl2FN3O3S. The number of halogens is 3. The first kappa shape index (κ1) is 25.4. The number of benzene rings is 3. The van der Waals surface area contributed by atoms with Crippen molar-refractivity contribution < 1.29 is 17.6 Å². The molecule has 0 atom stereocenters. The van der Waals surface area contributed by atoms with E-state index in [1.807, 2.05) is 19.9 Å². The molecule has 3 aromatic rings. The Balaban J connectivity index is 1.53. The minimum atomic E-state index is -3.93. The molecule has 1 saturated heterocycles. The Morgan fingerprint density at radius 2 is 1.69 bits per heavy atom. The Morgan fingerprint density at radius 3 is 2.40 bits per heavy atom. The normalized spacial score (nSPS) is 14.7. The van der Waals surface area contributed by atoms with E-state index in [0.717, 1.165) is 28.9 Å². The van der Waals surface area contributed by atoms with Crippen LogP contribution < -0.4 is 10.2 Å². The summed E-state index contributed by atoms with van der Waals surface area (Å²) in [6, 6.07) is 14.0. The topological polar surface area (TPSA) is 69.7 Å². The van der Waals surface area contributed by atoms with Gasteiger partial charge in [-0.05, 0) is 61.4 Å². The summed E-state index contributed by atoms with van der Waals surface area (Å²) in [5.41, 5.74) is 3.13. The third-order valence-electron chi connectivity index (χ3n) is 5.96. The fourth-order valence-corrected chi connectivity index (χ4v) is 5.80. The fourth-order valence-electron chi connectivity index (χ4n) is 4.01. The van der Waals surface area contributed by atoms with Crippen LogP contribution in [0.5, 0.6) is 0 Å². The number of amides is 1. The maximum atomic E-state index is 14.5. The van der Waals surface area contributed by atoms with Crippen LogP contribution in [0.15, 0.2) is 59.5 Å². The number of hydrogen-bond donors (Lipinski definition) is 1. The Kier molecular flexibility index (Phi) is 7.38. The van der Waals surface area contributed by atoms with Gasteiger partial charge < -0.3 is 10.2 Å². The first-order valence-corrected chi connectivity index (χ1v) is 13.1. The first-order valence-electron chi connectivity index (χ1n) is 10.9. The van der Waals surface area contributed by atoms with Crippen LogP contribution in [0, 0.1) is 19.7 Å². The highest BCUT2D eigenvalue weighted by Crippen LogP contribution is 2.30. The quantitative estimate of drug-likeness (QED) is 0.467. The minimum Gasteiger partial charge on any atom is -0.369 e. The monoisotopic (exact) mass is 535 g/mol. The van der Waals surface area contributed by atoms with Crippen LogP contribution in [0.25, 0.3) is 0 Å². The second-order valence-electron chi connectivity index (χ2n) is 8.38. The lowest BCUT2D eigenvalue weighted by atomic mass is 10.1. The number of carbonyl (C=O) groups is 1. The third kappa shape index (κ3) is 5.30. The molecule has 1 N–H and O–H groups in total. The molecule has 0 aliphatic carbocycles. The Bertz CT molecular complexity index is 1390. The van der Waals surface area contributed by atoms with E-state index in [-0.39, 0.29) is 33.7 Å². The number of piperazine rings is 1. The van der Waals surface area contributed by atoms with Crippen LogP contribution >= 0.6 is 23.2 Å². The van der Waals surface area contributed by atoms with Gasteiger partial charge in [-0.1, -0.05) is 41.4 Å². The van der Waals surface area contributed by atoms with Crippen molar-refractivity contribution in [3.05, 3.63) is 87.2 Å². The molecule has 1 aliphatic heterocycles. The zero-order valence-corrected chi connectivity index (χ0v) is 21.5. The zero-order valence-electron chi connectivity index (χ0n) is 19.2. The van der Waals surface area contributed by atoms with Crippen LogP contribution in [-0.2, 0) is 10.0 Å². The summed E-state index contributed by atoms with van der Waals surface area (Å²) in [5.74, 6) is -1.68. The molecule has 1 amide bonds. The Morgan fingerprint density at radius 1 is 0.971 bits per heavy atom. The fraction of sp³-hybridized carbons (Fsp3) is 0.240. The molecule has 0 spiro atoms. The summed E-state index contributed by atoms with van der Waals surface area (Å²) >= 11 is 12.1. The van der Waals surface area contributed by atoms with E-state index in [1.165, 1.54) is 16.4 Å². The van der Waals surface area contributed by atoms with E-state index in [0.29, 0.717) is 13.1 Å². The maximum absolute atomic E-state index is 14.5. The van der Waals surface area contributed by atoms with Crippen molar-refractivity contribution in [2.75, 3.05) is 36.4 Å². The van der Waals surface area contributed by atoms with Gasteiger partial charge in [0.25, 0.3) is 5.91 Å². The SMILES string of the molecule is Cc1ccc(C)c(N2CCN(S(=O)(=O)c3ccc(F)c(C(=O)Nc4cccc(Cl)c4Cl)c3)CC2)c1. The maximum Gasteiger partial charge on any atom is 0.258 e. The summed E-state index contributed by atoms with van der Waals surface area (Å²) in [6.07, 6.45) is 0. The number of aryl methyl sites for hydroxylation is 2. The van der Waals surface area contributed by atoms with Gasteiger partial charge in [0.1, 0.15) is 5.82 Å². The number of nitrogens with one attached hydrogen (secondary N) is 1. The highest BCUT2D eigenvalue weighted by atomic mass is 35.5. The number of carbonyl (C=O) groups excluding carboxylic acids is 1. The van der Waals surface area contributed by atoms with Gasteiger partial charge in [-0.3, -0.25) is 4.79 Å². The molecule has 1 heterocycles. The highest BCUT2D eigenvalue weighted by molar-refractivity contribution is 7.89. The van der Waals surface area contributed by atoms with Gasteiger partial charge in [0, 0.05) is 31.9 Å². The van der Waals surface area contributed by atoms with Crippen molar-refractivity contribution in [2.45, 2.75) is 18.7 Å². The van der Waals surface area contributed by atoms with Crippen molar-refractivity contribution in [1.29, 1.82) is 0 Å². The smallest absolute Gasteiger partial charge is 0.258 e. The number of sulfonamides is 1. The highest BCUT2D eigenvalue weighted by Gasteiger charge is 2.30. The molecule has 10 heteroatoms. The van der Waals surface area contributed by atoms with Crippen LogP contribution in [0.3, 0.4) is 0 Å². The van der Waals surface area contributed by atoms with Crippen molar-refractivity contribution >= 4 is 50.5 Å². The predicted molar refractivity (Wildman–Crippen MR) is 138 cm³/mol. The van der Waals surface area contributed by atoms with E-state index < -0.39 is 27.3 Å². The minimum absolute atomic E-state index is 0.105. The zero-order chi connectivity index (χ0) is 25.3. The molecule has 0 bridgehead atoms. The number of anilines is 2.